The Morgan fingerprint density at radius 1 is 0.583 bits per heavy atom. The van der Waals surface area contributed by atoms with Gasteiger partial charge in [-0.1, -0.05) is 0 Å². The molecule has 14 heteroatoms. The third-order valence-electron chi connectivity index (χ3n) is 3.29. The van der Waals surface area contributed by atoms with Crippen LogP contribution in [-0.4, -0.2) is 48.5 Å². The number of halogens is 13. The predicted octanol–water partition coefficient (Wildman–Crippen LogP) is 4.90. The van der Waals surface area contributed by atoms with Gasteiger partial charge in [0.1, 0.15) is 6.10 Å². The summed E-state index contributed by atoms with van der Waals surface area (Å²) < 4.78 is 170. The Morgan fingerprint density at radius 3 is 1.33 bits per heavy atom. The molecule has 1 unspecified atom stereocenters. The van der Waals surface area contributed by atoms with E-state index in [0.29, 0.717) is 0 Å². The Kier molecular flexibility index (Phi) is 4.86. The molecular formula is C10H7F13O. The van der Waals surface area contributed by atoms with Crippen molar-refractivity contribution in [2.75, 3.05) is 6.61 Å². The Hall–Kier alpha value is -0.950. The molecule has 0 aromatic carbocycles. The first kappa shape index (κ1) is 21.1. The van der Waals surface area contributed by atoms with Gasteiger partial charge in [0.2, 0.25) is 0 Å². The summed E-state index contributed by atoms with van der Waals surface area (Å²) in [7, 11) is 0. The van der Waals surface area contributed by atoms with Crippen molar-refractivity contribution < 1.29 is 61.8 Å². The molecule has 0 aliphatic carbocycles. The van der Waals surface area contributed by atoms with E-state index in [1.807, 2.05) is 0 Å². The van der Waals surface area contributed by atoms with Gasteiger partial charge in [-0.05, 0) is 12.8 Å². The van der Waals surface area contributed by atoms with Crippen LogP contribution in [0.2, 0.25) is 0 Å². The topological polar surface area (TPSA) is 9.23 Å². The van der Waals surface area contributed by atoms with E-state index in [1.165, 1.54) is 0 Å². The fourth-order valence-corrected chi connectivity index (χ4v) is 1.85. The highest BCUT2D eigenvalue weighted by Crippen LogP contribution is 2.61. The zero-order valence-electron chi connectivity index (χ0n) is 11.0. The Morgan fingerprint density at radius 2 is 1.00 bits per heavy atom. The molecule has 1 rings (SSSR count). The zero-order valence-corrected chi connectivity index (χ0v) is 11.0. The van der Waals surface area contributed by atoms with Crippen LogP contribution in [0, 0.1) is 0 Å². The van der Waals surface area contributed by atoms with Crippen LogP contribution in [0.15, 0.2) is 0 Å². The van der Waals surface area contributed by atoms with Crippen LogP contribution in [-0.2, 0) is 4.74 Å². The van der Waals surface area contributed by atoms with Gasteiger partial charge in [0.15, 0.2) is 0 Å². The lowest BCUT2D eigenvalue weighted by molar-refractivity contribution is -0.444. The van der Waals surface area contributed by atoms with E-state index in [1.54, 1.807) is 0 Å². The second-order valence-corrected chi connectivity index (χ2v) is 4.92. The van der Waals surface area contributed by atoms with E-state index >= 15 is 0 Å². The summed E-state index contributed by atoms with van der Waals surface area (Å²) in [4.78, 5) is 0. The monoisotopic (exact) mass is 390 g/mol. The van der Waals surface area contributed by atoms with E-state index in [-0.39, 0.29) is 6.42 Å². The van der Waals surface area contributed by atoms with Gasteiger partial charge in [0.25, 0.3) is 0 Å². The largest absolute Gasteiger partial charge is 0.460 e. The molecule has 144 valence electrons. The Bertz CT molecular complexity index is 460. The van der Waals surface area contributed by atoms with Gasteiger partial charge in [-0.15, -0.1) is 0 Å². The Balaban J connectivity index is 3.39. The molecule has 0 radical (unpaired) electrons. The number of alkyl halides is 13. The molecule has 0 spiro atoms. The quantitative estimate of drug-likeness (QED) is 0.607. The van der Waals surface area contributed by atoms with Crippen LogP contribution < -0.4 is 0 Å². The van der Waals surface area contributed by atoms with Crippen molar-refractivity contribution in [1.82, 2.24) is 0 Å². The van der Waals surface area contributed by atoms with E-state index in [2.05, 4.69) is 4.74 Å². The summed E-state index contributed by atoms with van der Waals surface area (Å²) in [6.07, 6.45) is -11.8. The summed E-state index contributed by atoms with van der Waals surface area (Å²) in [5, 5.41) is 0. The summed E-state index contributed by atoms with van der Waals surface area (Å²) in [6, 6.07) is 0. The molecule has 0 bridgehead atoms. The summed E-state index contributed by atoms with van der Waals surface area (Å²) in [5.41, 5.74) is 0. The third kappa shape index (κ3) is 2.60. The fourth-order valence-electron chi connectivity index (χ4n) is 1.85. The minimum Gasteiger partial charge on any atom is -0.372 e. The normalized spacial score (nSPS) is 22.1. The highest BCUT2D eigenvalue weighted by molar-refractivity contribution is 5.11. The maximum absolute atomic E-state index is 13.4. The predicted molar refractivity (Wildman–Crippen MR) is 49.8 cm³/mol. The van der Waals surface area contributed by atoms with Crippen molar-refractivity contribution in [3.8, 4) is 0 Å². The first-order chi connectivity index (χ1) is 10.4. The van der Waals surface area contributed by atoms with Gasteiger partial charge in [0, 0.05) is 6.61 Å². The molecule has 0 N–H and O–H groups in total. The maximum atomic E-state index is 13.4. The van der Waals surface area contributed by atoms with Gasteiger partial charge in [-0.3, -0.25) is 0 Å². The van der Waals surface area contributed by atoms with Crippen LogP contribution in [0.3, 0.4) is 0 Å². The van der Waals surface area contributed by atoms with E-state index in [0.717, 1.165) is 0 Å². The van der Waals surface area contributed by atoms with Crippen molar-refractivity contribution in [1.29, 1.82) is 0 Å². The van der Waals surface area contributed by atoms with E-state index in [9.17, 15) is 57.1 Å². The smallest absolute Gasteiger partial charge is 0.372 e. The van der Waals surface area contributed by atoms with Crippen molar-refractivity contribution in [3.63, 3.8) is 0 Å². The van der Waals surface area contributed by atoms with Gasteiger partial charge >= 0.3 is 35.8 Å². The van der Waals surface area contributed by atoms with Crippen molar-refractivity contribution in [2.24, 2.45) is 0 Å². The molecule has 1 aliphatic heterocycles. The molecule has 1 fully saturated rings. The summed E-state index contributed by atoms with van der Waals surface area (Å²) in [6.45, 7) is -0.642. The van der Waals surface area contributed by atoms with Gasteiger partial charge in [0.05, 0.1) is 0 Å². The molecular weight excluding hydrogens is 383 g/mol. The first-order valence-corrected chi connectivity index (χ1v) is 5.93. The second-order valence-electron chi connectivity index (χ2n) is 4.92. The first-order valence-electron chi connectivity index (χ1n) is 5.93. The summed E-state index contributed by atoms with van der Waals surface area (Å²) >= 11 is 0. The molecule has 1 aliphatic rings. The average Bonchev–Trinajstić information content (AvgIpc) is 2.90. The Labute approximate surface area is 124 Å². The molecule has 1 heterocycles. The standard InChI is InChI=1S/C10H7F13O/c11-5(12,4-2-1-3-24-4)6(13,14)7(15,16)8(17,18)9(19,20)10(21,22)23/h4H,1-3H2. The molecule has 1 atom stereocenters. The SMILES string of the molecule is FC(F)(F)C(F)(F)C(F)(F)C(F)(F)C(F)(F)C(F)(F)C1CCCO1. The van der Waals surface area contributed by atoms with Crippen molar-refractivity contribution in [3.05, 3.63) is 0 Å². The van der Waals surface area contributed by atoms with Crippen LogP contribution >= 0.6 is 0 Å². The molecule has 0 aromatic heterocycles. The zero-order chi connectivity index (χ0) is 19.4. The lowest BCUT2D eigenvalue weighted by Gasteiger charge is -2.40. The summed E-state index contributed by atoms with van der Waals surface area (Å²) in [5.74, 6) is -36.7. The van der Waals surface area contributed by atoms with Crippen molar-refractivity contribution in [2.45, 2.75) is 54.7 Å². The molecule has 1 saturated heterocycles. The maximum Gasteiger partial charge on any atom is 0.460 e. The van der Waals surface area contributed by atoms with Crippen LogP contribution in [0.5, 0.6) is 0 Å². The van der Waals surface area contributed by atoms with Gasteiger partial charge < -0.3 is 4.74 Å². The third-order valence-corrected chi connectivity index (χ3v) is 3.29. The lowest BCUT2D eigenvalue weighted by atomic mass is 9.91. The average molecular weight is 390 g/mol. The number of hydrogen-bond acceptors (Lipinski definition) is 1. The van der Waals surface area contributed by atoms with Gasteiger partial charge in [-0.25, -0.2) is 0 Å². The minimum absolute atomic E-state index is 0.364. The lowest BCUT2D eigenvalue weighted by Crippen LogP contribution is -2.71. The van der Waals surface area contributed by atoms with Gasteiger partial charge in [-0.2, -0.15) is 57.1 Å². The molecule has 0 amide bonds. The van der Waals surface area contributed by atoms with Crippen LogP contribution in [0.1, 0.15) is 12.8 Å². The van der Waals surface area contributed by atoms with Crippen LogP contribution in [0.25, 0.3) is 0 Å². The molecule has 0 saturated carbocycles. The number of hydrogen-bond donors (Lipinski definition) is 0. The number of ether oxygens (including phenoxy) is 1. The second kappa shape index (κ2) is 5.53. The van der Waals surface area contributed by atoms with E-state index in [4.69, 9.17) is 0 Å². The minimum atomic E-state index is -7.86. The van der Waals surface area contributed by atoms with E-state index < -0.39 is 54.9 Å². The highest BCUT2D eigenvalue weighted by atomic mass is 19.4. The fraction of sp³-hybridized carbons (Fsp3) is 1.00. The number of rotatable bonds is 5. The van der Waals surface area contributed by atoms with Crippen LogP contribution in [0.4, 0.5) is 57.1 Å². The molecule has 1 nitrogen and oxygen atoms in total. The van der Waals surface area contributed by atoms with Crippen molar-refractivity contribution >= 4 is 0 Å². The molecule has 24 heavy (non-hydrogen) atoms. The highest BCUT2D eigenvalue weighted by Gasteiger charge is 2.91. The molecule has 0 aromatic rings.